The lowest BCUT2D eigenvalue weighted by Gasteiger charge is -2.29. The molecule has 0 aliphatic heterocycles. The molecule has 2 heteroatoms. The minimum absolute atomic E-state index is 0.205. The molecule has 0 radical (unpaired) electrons. The van der Waals surface area contributed by atoms with Crippen molar-refractivity contribution in [2.75, 3.05) is 0 Å². The van der Waals surface area contributed by atoms with Gasteiger partial charge in [0.1, 0.15) is 0 Å². The van der Waals surface area contributed by atoms with Crippen LogP contribution in [0.2, 0.25) is 0 Å². The van der Waals surface area contributed by atoms with E-state index in [0.717, 1.165) is 5.56 Å². The third kappa shape index (κ3) is 1.91. The fourth-order valence-electron chi connectivity index (χ4n) is 2.05. The third-order valence-corrected chi connectivity index (χ3v) is 3.03. The van der Waals surface area contributed by atoms with Crippen LogP contribution in [0, 0.1) is 0 Å². The number of benzene rings is 1. The molecular weight excluding hydrogens is 200 g/mol. The predicted molar refractivity (Wildman–Crippen MR) is 63.3 cm³/mol. The Kier molecular flexibility index (Phi) is 2.65. The topological polar surface area (TPSA) is 37.3 Å². The molecule has 1 N–H and O–H groups in total. The van der Waals surface area contributed by atoms with Crippen molar-refractivity contribution in [3.8, 4) is 0 Å². The Labute approximate surface area is 94.9 Å². The van der Waals surface area contributed by atoms with Gasteiger partial charge >= 0.3 is 5.97 Å². The Morgan fingerprint density at radius 3 is 2.62 bits per heavy atom. The van der Waals surface area contributed by atoms with E-state index in [1.54, 1.807) is 6.08 Å². The van der Waals surface area contributed by atoms with E-state index >= 15 is 0 Å². The van der Waals surface area contributed by atoms with E-state index in [1.165, 1.54) is 0 Å². The van der Waals surface area contributed by atoms with Gasteiger partial charge < -0.3 is 5.11 Å². The second-order valence-electron chi connectivity index (χ2n) is 4.32. The van der Waals surface area contributed by atoms with Gasteiger partial charge in [-0.3, -0.25) is 0 Å². The quantitative estimate of drug-likeness (QED) is 0.821. The fourth-order valence-corrected chi connectivity index (χ4v) is 2.05. The highest BCUT2D eigenvalue weighted by Gasteiger charge is 2.28. The summed E-state index contributed by atoms with van der Waals surface area (Å²) in [4.78, 5) is 11.0. The van der Waals surface area contributed by atoms with Crippen molar-refractivity contribution in [1.29, 1.82) is 0 Å². The van der Waals surface area contributed by atoms with Crippen LogP contribution in [0.25, 0.3) is 0 Å². The van der Waals surface area contributed by atoms with Crippen molar-refractivity contribution in [2.24, 2.45) is 0 Å². The average molecular weight is 214 g/mol. The number of allylic oxidation sites excluding steroid dienone is 3. The van der Waals surface area contributed by atoms with Gasteiger partial charge in [-0.05, 0) is 12.0 Å². The van der Waals surface area contributed by atoms with Crippen molar-refractivity contribution in [3.63, 3.8) is 0 Å². The molecule has 16 heavy (non-hydrogen) atoms. The maximum absolute atomic E-state index is 11.0. The van der Waals surface area contributed by atoms with Gasteiger partial charge in [0.15, 0.2) is 0 Å². The zero-order valence-electron chi connectivity index (χ0n) is 9.18. The first-order valence-corrected chi connectivity index (χ1v) is 5.29. The molecule has 0 saturated carbocycles. The molecule has 0 saturated heterocycles. The third-order valence-electron chi connectivity index (χ3n) is 3.03. The highest BCUT2D eigenvalue weighted by atomic mass is 16.4. The van der Waals surface area contributed by atoms with E-state index < -0.39 is 5.97 Å². The molecule has 2 rings (SSSR count). The lowest BCUT2D eigenvalue weighted by Crippen LogP contribution is -2.24. The zero-order chi connectivity index (χ0) is 11.6. The lowest BCUT2D eigenvalue weighted by molar-refractivity contribution is -0.132. The van der Waals surface area contributed by atoms with Crippen LogP contribution in [-0.2, 0) is 10.2 Å². The highest BCUT2D eigenvalue weighted by Crippen LogP contribution is 2.34. The van der Waals surface area contributed by atoms with Gasteiger partial charge in [0.25, 0.3) is 0 Å². The van der Waals surface area contributed by atoms with Crippen molar-refractivity contribution >= 4 is 5.97 Å². The first kappa shape index (κ1) is 10.7. The van der Waals surface area contributed by atoms with Crippen molar-refractivity contribution in [3.05, 3.63) is 59.7 Å². The van der Waals surface area contributed by atoms with Crippen molar-refractivity contribution in [1.82, 2.24) is 0 Å². The van der Waals surface area contributed by atoms with Crippen LogP contribution in [0.4, 0.5) is 0 Å². The number of carboxylic acid groups (broad SMARTS) is 1. The normalized spacial score (nSPS) is 23.9. The SMILES string of the molecule is CC1(c2ccccc2)C=CC=C(C(=O)O)C1. The Morgan fingerprint density at radius 2 is 2.00 bits per heavy atom. The summed E-state index contributed by atoms with van der Waals surface area (Å²) < 4.78 is 0. The Balaban J connectivity index is 2.33. The molecule has 0 fully saturated rings. The smallest absolute Gasteiger partial charge is 0.331 e. The molecule has 0 amide bonds. The number of hydrogen-bond acceptors (Lipinski definition) is 1. The van der Waals surface area contributed by atoms with E-state index in [4.69, 9.17) is 5.11 Å². The van der Waals surface area contributed by atoms with E-state index in [9.17, 15) is 4.79 Å². The molecule has 2 nitrogen and oxygen atoms in total. The number of aliphatic carboxylic acids is 1. The molecule has 1 atom stereocenters. The Hall–Kier alpha value is -1.83. The number of carboxylic acids is 1. The number of rotatable bonds is 2. The summed E-state index contributed by atoms with van der Waals surface area (Å²) in [5, 5.41) is 9.02. The van der Waals surface area contributed by atoms with Crippen LogP contribution in [0.3, 0.4) is 0 Å². The van der Waals surface area contributed by atoms with Crippen LogP contribution in [0.15, 0.2) is 54.1 Å². The van der Waals surface area contributed by atoms with E-state index in [0.29, 0.717) is 12.0 Å². The summed E-state index contributed by atoms with van der Waals surface area (Å²) in [5.41, 5.74) is 1.41. The monoisotopic (exact) mass is 214 g/mol. The summed E-state index contributed by atoms with van der Waals surface area (Å²) in [6.45, 7) is 2.06. The second-order valence-corrected chi connectivity index (χ2v) is 4.32. The second kappa shape index (κ2) is 3.97. The molecule has 82 valence electrons. The first-order chi connectivity index (χ1) is 7.62. The van der Waals surface area contributed by atoms with E-state index in [1.807, 2.05) is 36.4 Å². The first-order valence-electron chi connectivity index (χ1n) is 5.29. The lowest BCUT2D eigenvalue weighted by atomic mass is 9.75. The minimum Gasteiger partial charge on any atom is -0.478 e. The largest absolute Gasteiger partial charge is 0.478 e. The van der Waals surface area contributed by atoms with E-state index in [-0.39, 0.29) is 5.41 Å². The minimum atomic E-state index is -0.827. The average Bonchev–Trinajstić information content (AvgIpc) is 2.30. The molecule has 0 aromatic heterocycles. The van der Waals surface area contributed by atoms with Gasteiger partial charge in [0.05, 0.1) is 0 Å². The van der Waals surface area contributed by atoms with Gasteiger partial charge in [0.2, 0.25) is 0 Å². The highest BCUT2D eigenvalue weighted by molar-refractivity contribution is 5.87. The van der Waals surface area contributed by atoms with Gasteiger partial charge in [-0.1, -0.05) is 55.5 Å². The van der Waals surface area contributed by atoms with Crippen LogP contribution < -0.4 is 0 Å². The summed E-state index contributed by atoms with van der Waals surface area (Å²) in [5.74, 6) is -0.827. The molecule has 0 bridgehead atoms. The standard InChI is InChI=1S/C14H14O2/c1-14(12-7-3-2-4-8-12)9-5-6-11(10-14)13(15)16/h2-9H,10H2,1H3,(H,15,16). The van der Waals surface area contributed by atoms with Crippen LogP contribution in [0.5, 0.6) is 0 Å². The van der Waals surface area contributed by atoms with Gasteiger partial charge in [-0.25, -0.2) is 4.79 Å². The summed E-state index contributed by atoms with van der Waals surface area (Å²) >= 11 is 0. The Morgan fingerprint density at radius 1 is 1.31 bits per heavy atom. The van der Waals surface area contributed by atoms with Crippen LogP contribution in [-0.4, -0.2) is 11.1 Å². The summed E-state index contributed by atoms with van der Waals surface area (Å²) in [6.07, 6.45) is 6.12. The van der Waals surface area contributed by atoms with Crippen LogP contribution in [0.1, 0.15) is 18.9 Å². The fraction of sp³-hybridized carbons (Fsp3) is 0.214. The molecule has 0 heterocycles. The molecule has 1 unspecified atom stereocenters. The van der Waals surface area contributed by atoms with Crippen LogP contribution >= 0.6 is 0 Å². The van der Waals surface area contributed by atoms with Crippen molar-refractivity contribution in [2.45, 2.75) is 18.8 Å². The maximum Gasteiger partial charge on any atom is 0.331 e. The number of hydrogen-bond donors (Lipinski definition) is 1. The Bertz CT molecular complexity index is 457. The molecule has 0 spiro atoms. The molecule has 1 aromatic carbocycles. The van der Waals surface area contributed by atoms with Crippen molar-refractivity contribution < 1.29 is 9.90 Å². The molecule has 1 aliphatic rings. The summed E-state index contributed by atoms with van der Waals surface area (Å²) in [7, 11) is 0. The predicted octanol–water partition coefficient (Wildman–Crippen LogP) is 2.92. The van der Waals surface area contributed by atoms with Gasteiger partial charge in [-0.2, -0.15) is 0 Å². The van der Waals surface area contributed by atoms with E-state index in [2.05, 4.69) is 13.0 Å². The van der Waals surface area contributed by atoms with Gasteiger partial charge in [-0.15, -0.1) is 0 Å². The molecule has 1 aromatic rings. The zero-order valence-corrected chi connectivity index (χ0v) is 9.18. The molecule has 1 aliphatic carbocycles. The maximum atomic E-state index is 11.0. The summed E-state index contributed by atoms with van der Waals surface area (Å²) in [6, 6.07) is 10.00. The molecular formula is C14H14O2. The number of carbonyl (C=O) groups is 1. The van der Waals surface area contributed by atoms with Gasteiger partial charge in [0, 0.05) is 11.0 Å².